The Kier molecular flexibility index (Phi) is 8.76. The van der Waals surface area contributed by atoms with Crippen molar-refractivity contribution in [3.8, 4) is 5.75 Å². The average Bonchev–Trinajstić information content (AvgIpc) is 2.64. The molecule has 8 nitrogen and oxygen atoms in total. The number of esters is 2. The number of carbonyl (C=O) groups excluding carboxylic acids is 3. The molecule has 0 spiro atoms. The summed E-state index contributed by atoms with van der Waals surface area (Å²) in [7, 11) is 4.06. The summed E-state index contributed by atoms with van der Waals surface area (Å²) in [6.07, 6.45) is -0.969. The normalized spacial score (nSPS) is 11.0. The van der Waals surface area contributed by atoms with Crippen molar-refractivity contribution in [2.45, 2.75) is 51.8 Å². The highest BCUT2D eigenvalue weighted by Gasteiger charge is 2.32. The van der Waals surface area contributed by atoms with Gasteiger partial charge in [-0.1, -0.05) is 12.1 Å². The Labute approximate surface area is 165 Å². The van der Waals surface area contributed by atoms with Crippen LogP contribution in [0.1, 0.15) is 39.2 Å². The van der Waals surface area contributed by atoms with Crippen LogP contribution in [0, 0.1) is 0 Å². The molecule has 0 aliphatic carbocycles. The topological polar surface area (TPSA) is 91.4 Å². The first-order chi connectivity index (χ1) is 13.1. The highest BCUT2D eigenvalue weighted by atomic mass is 16.6. The molecule has 0 heterocycles. The molecule has 1 aromatic carbocycles. The fourth-order valence-corrected chi connectivity index (χ4v) is 2.43. The van der Waals surface area contributed by atoms with Gasteiger partial charge in [0, 0.05) is 6.54 Å². The largest absolute Gasteiger partial charge is 0.497 e. The van der Waals surface area contributed by atoms with Crippen LogP contribution in [0.5, 0.6) is 5.75 Å². The maximum atomic E-state index is 12.8. The highest BCUT2D eigenvalue weighted by molar-refractivity contribution is 5.76. The number of hydrogen-bond acceptors (Lipinski definition) is 7. The number of amides is 1. The number of methoxy groups -OCH3 is 3. The molecule has 0 fully saturated rings. The van der Waals surface area contributed by atoms with Crippen molar-refractivity contribution >= 4 is 18.0 Å². The lowest BCUT2D eigenvalue weighted by atomic mass is 10.1. The van der Waals surface area contributed by atoms with Crippen LogP contribution in [0.4, 0.5) is 4.79 Å². The Morgan fingerprint density at radius 3 is 1.82 bits per heavy atom. The molecule has 1 rings (SSSR count). The lowest BCUT2D eigenvalue weighted by Crippen LogP contribution is -2.45. The summed E-state index contributed by atoms with van der Waals surface area (Å²) in [6.45, 7) is 5.36. The van der Waals surface area contributed by atoms with Gasteiger partial charge in [-0.05, 0) is 38.5 Å². The van der Waals surface area contributed by atoms with Gasteiger partial charge in [-0.3, -0.25) is 14.5 Å². The molecule has 0 N–H and O–H groups in total. The van der Waals surface area contributed by atoms with Crippen LogP contribution in [0.3, 0.4) is 0 Å². The second-order valence-electron chi connectivity index (χ2n) is 7.17. The number of nitrogens with zero attached hydrogens (tertiary/aromatic N) is 1. The van der Waals surface area contributed by atoms with E-state index in [1.807, 2.05) is 0 Å². The van der Waals surface area contributed by atoms with Gasteiger partial charge < -0.3 is 18.9 Å². The van der Waals surface area contributed by atoms with E-state index in [9.17, 15) is 14.4 Å². The lowest BCUT2D eigenvalue weighted by Gasteiger charge is -2.33. The molecular weight excluding hydrogens is 366 g/mol. The smallest absolute Gasteiger partial charge is 0.410 e. The predicted molar refractivity (Wildman–Crippen MR) is 102 cm³/mol. The van der Waals surface area contributed by atoms with E-state index in [1.54, 1.807) is 52.1 Å². The van der Waals surface area contributed by atoms with Crippen molar-refractivity contribution in [3.63, 3.8) is 0 Å². The Morgan fingerprint density at radius 1 is 0.929 bits per heavy atom. The molecule has 0 aliphatic heterocycles. The molecule has 0 bridgehead atoms. The van der Waals surface area contributed by atoms with Crippen molar-refractivity contribution in [2.75, 3.05) is 21.3 Å². The van der Waals surface area contributed by atoms with Gasteiger partial charge in [-0.15, -0.1) is 0 Å². The fraction of sp³-hybridized carbons (Fsp3) is 0.550. The van der Waals surface area contributed by atoms with Gasteiger partial charge in [0.15, 0.2) is 0 Å². The summed E-state index contributed by atoms with van der Waals surface area (Å²) in [5.41, 5.74) is 0.0439. The number of benzene rings is 1. The van der Waals surface area contributed by atoms with Crippen LogP contribution in [0.25, 0.3) is 0 Å². The van der Waals surface area contributed by atoms with Crippen LogP contribution in [0.2, 0.25) is 0 Å². The minimum atomic E-state index is -0.781. The van der Waals surface area contributed by atoms with E-state index >= 15 is 0 Å². The summed E-state index contributed by atoms with van der Waals surface area (Å²) in [5.74, 6) is -0.414. The molecule has 0 atom stereocenters. The molecule has 0 aliphatic rings. The summed E-state index contributed by atoms with van der Waals surface area (Å²) >= 11 is 0. The van der Waals surface area contributed by atoms with Crippen molar-refractivity contribution in [1.29, 1.82) is 0 Å². The number of carbonyl (C=O) groups is 3. The molecule has 28 heavy (non-hydrogen) atoms. The van der Waals surface area contributed by atoms with Crippen LogP contribution in [-0.2, 0) is 30.3 Å². The fourth-order valence-electron chi connectivity index (χ4n) is 2.43. The first-order valence-electron chi connectivity index (χ1n) is 8.85. The van der Waals surface area contributed by atoms with Crippen LogP contribution >= 0.6 is 0 Å². The summed E-state index contributed by atoms with van der Waals surface area (Å²) in [4.78, 5) is 37.9. The van der Waals surface area contributed by atoms with Crippen molar-refractivity contribution < 1.29 is 33.3 Å². The zero-order valence-corrected chi connectivity index (χ0v) is 17.3. The van der Waals surface area contributed by atoms with Gasteiger partial charge in [0.25, 0.3) is 0 Å². The third-order valence-electron chi connectivity index (χ3n) is 3.84. The Balaban J connectivity index is 3.19. The van der Waals surface area contributed by atoms with Crippen LogP contribution in [0.15, 0.2) is 24.3 Å². The van der Waals surface area contributed by atoms with E-state index < -0.39 is 29.7 Å². The molecule has 0 unspecified atom stereocenters. The van der Waals surface area contributed by atoms with Crippen LogP contribution < -0.4 is 4.74 Å². The molecule has 8 heteroatoms. The number of hydrogen-bond donors (Lipinski definition) is 0. The van der Waals surface area contributed by atoms with Gasteiger partial charge >= 0.3 is 18.0 Å². The minimum absolute atomic E-state index is 0.136. The maximum absolute atomic E-state index is 12.8. The molecule has 0 saturated heterocycles. The summed E-state index contributed by atoms with van der Waals surface area (Å²) in [5, 5.41) is 0. The molecule has 156 valence electrons. The molecule has 0 saturated carbocycles. The molecule has 0 aromatic heterocycles. The van der Waals surface area contributed by atoms with Gasteiger partial charge in [-0.2, -0.15) is 0 Å². The van der Waals surface area contributed by atoms with E-state index in [4.69, 9.17) is 18.9 Å². The Bertz CT molecular complexity index is 646. The first-order valence-corrected chi connectivity index (χ1v) is 8.85. The summed E-state index contributed by atoms with van der Waals surface area (Å²) in [6, 6.07) is 6.33. The SMILES string of the molecule is COC(=O)CC(CC(=O)OC)N(Cc1ccc(OC)cc1)C(=O)OC(C)(C)C. The predicted octanol–water partition coefficient (Wildman–Crippen LogP) is 2.93. The third kappa shape index (κ3) is 7.85. The van der Waals surface area contributed by atoms with Crippen molar-refractivity contribution in [2.24, 2.45) is 0 Å². The summed E-state index contributed by atoms with van der Waals surface area (Å²) < 4.78 is 20.1. The molecule has 0 radical (unpaired) electrons. The monoisotopic (exact) mass is 395 g/mol. The van der Waals surface area contributed by atoms with Gasteiger partial charge in [0.1, 0.15) is 11.4 Å². The van der Waals surface area contributed by atoms with E-state index in [1.165, 1.54) is 19.1 Å². The van der Waals surface area contributed by atoms with Gasteiger partial charge in [0.05, 0.1) is 40.2 Å². The Morgan fingerprint density at radius 2 is 1.43 bits per heavy atom. The molecule has 1 aromatic rings. The van der Waals surface area contributed by atoms with E-state index in [-0.39, 0.29) is 19.4 Å². The van der Waals surface area contributed by atoms with E-state index in [2.05, 4.69) is 0 Å². The molecule has 1 amide bonds. The van der Waals surface area contributed by atoms with E-state index in [0.29, 0.717) is 5.75 Å². The van der Waals surface area contributed by atoms with Gasteiger partial charge in [0.2, 0.25) is 0 Å². The maximum Gasteiger partial charge on any atom is 0.410 e. The zero-order chi connectivity index (χ0) is 21.3. The highest BCUT2D eigenvalue weighted by Crippen LogP contribution is 2.21. The van der Waals surface area contributed by atoms with Crippen molar-refractivity contribution in [1.82, 2.24) is 4.90 Å². The standard InChI is InChI=1S/C20H29NO7/c1-20(2,3)28-19(24)21(13-14-7-9-16(25-4)10-8-14)15(11-17(22)26-5)12-18(23)27-6/h7-10,15H,11-13H2,1-6H3. The average molecular weight is 395 g/mol. The van der Waals surface area contributed by atoms with Crippen LogP contribution in [-0.4, -0.2) is 55.9 Å². The lowest BCUT2D eigenvalue weighted by molar-refractivity contribution is -0.144. The quantitative estimate of drug-likeness (QED) is 0.494. The van der Waals surface area contributed by atoms with Crippen molar-refractivity contribution in [3.05, 3.63) is 29.8 Å². The Hall–Kier alpha value is -2.77. The second-order valence-corrected chi connectivity index (χ2v) is 7.17. The number of ether oxygens (including phenoxy) is 4. The third-order valence-corrected chi connectivity index (χ3v) is 3.84. The molecular formula is C20H29NO7. The van der Waals surface area contributed by atoms with E-state index in [0.717, 1.165) is 5.56 Å². The van der Waals surface area contributed by atoms with Gasteiger partial charge in [-0.25, -0.2) is 4.79 Å². The second kappa shape index (κ2) is 10.5. The zero-order valence-electron chi connectivity index (χ0n) is 17.3. The first kappa shape index (κ1) is 23.3. The number of rotatable bonds is 8. The minimum Gasteiger partial charge on any atom is -0.497 e.